The molecule has 8 heteroatoms. The third-order valence-corrected chi connectivity index (χ3v) is 6.61. The average molecular weight is 476 g/mol. The molecule has 2 bridgehead atoms. The molecule has 3 heterocycles. The van der Waals surface area contributed by atoms with Gasteiger partial charge in [-0.05, 0) is 24.5 Å². The summed E-state index contributed by atoms with van der Waals surface area (Å²) in [6, 6.07) is 14.8. The normalized spacial score (nSPS) is 20.7. The number of ether oxygens (including phenoxy) is 1. The van der Waals surface area contributed by atoms with Crippen LogP contribution in [0.2, 0.25) is 0 Å². The summed E-state index contributed by atoms with van der Waals surface area (Å²) in [7, 11) is 0. The second-order valence-corrected chi connectivity index (χ2v) is 8.63. The fourth-order valence-electron chi connectivity index (χ4n) is 4.85. The highest BCUT2D eigenvalue weighted by molar-refractivity contribution is 5.96. The number of aromatic nitrogens is 1. The van der Waals surface area contributed by atoms with Crippen molar-refractivity contribution in [3.05, 3.63) is 106 Å². The monoisotopic (exact) mass is 475 g/mol. The third-order valence-electron chi connectivity index (χ3n) is 6.61. The van der Waals surface area contributed by atoms with Gasteiger partial charge in [0.1, 0.15) is 19.3 Å². The average Bonchev–Trinajstić information content (AvgIpc) is 2.86. The van der Waals surface area contributed by atoms with Crippen LogP contribution in [0.4, 0.5) is 4.39 Å². The van der Waals surface area contributed by atoms with Crippen LogP contribution in [-0.4, -0.2) is 39.9 Å². The molecule has 2 aliphatic rings. The number of hydrogen-bond donors (Lipinski definition) is 1. The summed E-state index contributed by atoms with van der Waals surface area (Å²) in [6.45, 7) is 2.34. The Kier molecular flexibility index (Phi) is 6.03. The molecule has 2 atom stereocenters. The maximum absolute atomic E-state index is 15.1. The highest BCUT2D eigenvalue weighted by atomic mass is 19.1. The molecule has 0 unspecified atom stereocenters. The number of halogens is 1. The van der Waals surface area contributed by atoms with E-state index in [-0.39, 0.29) is 30.8 Å². The Morgan fingerprint density at radius 3 is 2.63 bits per heavy atom. The van der Waals surface area contributed by atoms with E-state index in [9.17, 15) is 14.7 Å². The molecule has 5 rings (SSSR count). The van der Waals surface area contributed by atoms with E-state index in [0.29, 0.717) is 18.4 Å². The first-order valence-corrected chi connectivity index (χ1v) is 11.6. The number of rotatable bonds is 2. The molecule has 0 saturated heterocycles. The summed E-state index contributed by atoms with van der Waals surface area (Å²) >= 11 is 0. The van der Waals surface area contributed by atoms with Crippen molar-refractivity contribution < 1.29 is 19.0 Å². The predicted octanol–water partition coefficient (Wildman–Crippen LogP) is 3.95. The Labute approximate surface area is 202 Å². The van der Waals surface area contributed by atoms with Gasteiger partial charge in [0, 0.05) is 23.9 Å². The second kappa shape index (κ2) is 9.29. The molecule has 2 aromatic carbocycles. The van der Waals surface area contributed by atoms with Gasteiger partial charge in [-0.25, -0.2) is 4.39 Å². The molecular weight excluding hydrogens is 449 g/mol. The van der Waals surface area contributed by atoms with Crippen molar-refractivity contribution in [3.63, 3.8) is 0 Å². The quantitative estimate of drug-likeness (QED) is 0.568. The Hall–Kier alpha value is -4.07. The van der Waals surface area contributed by atoms with Crippen molar-refractivity contribution >= 4 is 5.91 Å². The van der Waals surface area contributed by atoms with Gasteiger partial charge in [0.05, 0.1) is 0 Å². The Morgan fingerprint density at radius 2 is 1.86 bits per heavy atom. The van der Waals surface area contributed by atoms with Gasteiger partial charge in [-0.2, -0.15) is 0 Å². The van der Waals surface area contributed by atoms with E-state index in [4.69, 9.17) is 4.74 Å². The van der Waals surface area contributed by atoms with Gasteiger partial charge in [-0.1, -0.05) is 61.5 Å². The third kappa shape index (κ3) is 3.95. The summed E-state index contributed by atoms with van der Waals surface area (Å²) in [4.78, 5) is 27.6. The van der Waals surface area contributed by atoms with Gasteiger partial charge in [0.2, 0.25) is 5.43 Å². The van der Waals surface area contributed by atoms with E-state index in [1.165, 1.54) is 23.0 Å². The SMILES string of the molecule is CC[C@@H]1C/C=C\COc2c(F)cccc2[C@@H](c2ccccc2)N2CN1C(=O)c1c(O)c(=O)ccn12. The molecule has 35 heavy (non-hydrogen) atoms. The van der Waals surface area contributed by atoms with Gasteiger partial charge >= 0.3 is 0 Å². The van der Waals surface area contributed by atoms with E-state index in [1.807, 2.05) is 54.4 Å². The number of amides is 1. The summed E-state index contributed by atoms with van der Waals surface area (Å²) in [6.07, 6.45) is 6.44. The zero-order valence-corrected chi connectivity index (χ0v) is 19.3. The van der Waals surface area contributed by atoms with Gasteiger partial charge in [0.25, 0.3) is 5.91 Å². The van der Waals surface area contributed by atoms with Crippen molar-refractivity contribution in [2.45, 2.75) is 31.8 Å². The summed E-state index contributed by atoms with van der Waals surface area (Å²) in [5.74, 6) is -1.40. The van der Waals surface area contributed by atoms with E-state index in [2.05, 4.69) is 0 Å². The lowest BCUT2D eigenvalue weighted by atomic mass is 9.96. The number of fused-ring (bicyclic) bond motifs is 5. The van der Waals surface area contributed by atoms with Gasteiger partial charge in [-0.3, -0.25) is 19.3 Å². The van der Waals surface area contributed by atoms with Crippen molar-refractivity contribution in [2.24, 2.45) is 0 Å². The van der Waals surface area contributed by atoms with E-state index < -0.39 is 28.9 Å². The number of hydrogen-bond acceptors (Lipinski definition) is 5. The van der Waals surface area contributed by atoms with Gasteiger partial charge in [-0.15, -0.1) is 0 Å². The van der Waals surface area contributed by atoms with Crippen LogP contribution in [0.1, 0.15) is 47.4 Å². The standard InChI is InChI=1S/C27H26FN3O4/c1-2-19-11-6-7-16-35-26-20(12-8-13-21(26)28)23(18-9-4-3-5-10-18)31-17-29(19)27(34)24-25(33)22(32)14-15-30(24)31/h3-10,12-15,19,23,33H,2,11,16-17H2,1H3/b7-6-/t19-,23-/m1/s1. The summed E-state index contributed by atoms with van der Waals surface area (Å²) in [5.41, 5.74) is 0.660. The lowest BCUT2D eigenvalue weighted by molar-refractivity contribution is 0.0584. The molecule has 1 aromatic heterocycles. The zero-order valence-electron chi connectivity index (χ0n) is 19.3. The van der Waals surface area contributed by atoms with Crippen molar-refractivity contribution in [1.82, 2.24) is 9.58 Å². The van der Waals surface area contributed by atoms with Gasteiger partial charge in [0.15, 0.2) is 23.0 Å². The molecule has 0 aliphatic carbocycles. The van der Waals surface area contributed by atoms with Crippen LogP contribution in [-0.2, 0) is 0 Å². The topological polar surface area (TPSA) is 75.0 Å². The molecule has 180 valence electrons. The minimum Gasteiger partial charge on any atom is -0.502 e. The smallest absolute Gasteiger partial charge is 0.278 e. The lowest BCUT2D eigenvalue weighted by Crippen LogP contribution is -2.58. The first-order valence-electron chi connectivity index (χ1n) is 11.6. The van der Waals surface area contributed by atoms with Crippen LogP contribution in [0.5, 0.6) is 11.5 Å². The number of benzene rings is 2. The lowest BCUT2D eigenvalue weighted by Gasteiger charge is -2.46. The van der Waals surface area contributed by atoms with E-state index in [1.54, 1.807) is 17.0 Å². The minimum absolute atomic E-state index is 0.108. The fourth-order valence-corrected chi connectivity index (χ4v) is 4.85. The van der Waals surface area contributed by atoms with Crippen LogP contribution in [0.25, 0.3) is 0 Å². The van der Waals surface area contributed by atoms with E-state index in [0.717, 1.165) is 5.56 Å². The second-order valence-electron chi connectivity index (χ2n) is 8.63. The number of aromatic hydroxyl groups is 1. The highest BCUT2D eigenvalue weighted by Crippen LogP contribution is 2.38. The molecule has 3 aromatic rings. The summed E-state index contributed by atoms with van der Waals surface area (Å²) < 4.78 is 22.5. The molecule has 1 N–H and O–H groups in total. The number of para-hydroxylation sites is 1. The van der Waals surface area contributed by atoms with Crippen molar-refractivity contribution in [3.8, 4) is 11.5 Å². The maximum atomic E-state index is 15.1. The predicted molar refractivity (Wildman–Crippen MR) is 130 cm³/mol. The zero-order chi connectivity index (χ0) is 24.5. The van der Waals surface area contributed by atoms with Crippen LogP contribution >= 0.6 is 0 Å². The van der Waals surface area contributed by atoms with Gasteiger partial charge < -0.3 is 14.7 Å². The van der Waals surface area contributed by atoms with Crippen LogP contribution in [0, 0.1) is 5.82 Å². The molecular formula is C27H26FN3O4. The fraction of sp³-hybridized carbons (Fsp3) is 0.259. The Morgan fingerprint density at radius 1 is 1.06 bits per heavy atom. The van der Waals surface area contributed by atoms with Crippen molar-refractivity contribution in [1.29, 1.82) is 0 Å². The number of carbonyl (C=O) groups is 1. The molecule has 1 amide bonds. The number of pyridine rings is 1. The Balaban J connectivity index is 1.82. The maximum Gasteiger partial charge on any atom is 0.278 e. The highest BCUT2D eigenvalue weighted by Gasteiger charge is 2.39. The van der Waals surface area contributed by atoms with Crippen LogP contribution < -0.4 is 15.2 Å². The van der Waals surface area contributed by atoms with Crippen molar-refractivity contribution in [2.75, 3.05) is 18.3 Å². The molecule has 2 aliphatic heterocycles. The number of nitrogens with zero attached hydrogens (tertiary/aromatic N) is 3. The Bertz CT molecular complexity index is 1340. The molecule has 7 nitrogen and oxygen atoms in total. The molecule has 0 spiro atoms. The largest absolute Gasteiger partial charge is 0.502 e. The molecule has 0 fully saturated rings. The minimum atomic E-state index is -0.633. The molecule has 0 saturated carbocycles. The van der Waals surface area contributed by atoms with E-state index >= 15 is 4.39 Å². The molecule has 0 radical (unpaired) electrons. The summed E-state index contributed by atoms with van der Waals surface area (Å²) in [5, 5.41) is 12.6. The number of carbonyl (C=O) groups excluding carboxylic acids is 1. The van der Waals surface area contributed by atoms with Crippen LogP contribution in [0.3, 0.4) is 0 Å². The first-order chi connectivity index (χ1) is 17.0. The van der Waals surface area contributed by atoms with Crippen LogP contribution in [0.15, 0.2) is 77.7 Å². The first kappa shape index (κ1) is 22.7.